The van der Waals surface area contributed by atoms with Gasteiger partial charge in [-0.05, 0) is 17.7 Å². The number of pyridine rings is 1. The molecule has 0 radical (unpaired) electrons. The molecule has 2 amide bonds. The summed E-state index contributed by atoms with van der Waals surface area (Å²) in [5, 5.41) is 5.68. The number of rotatable bonds is 5. The Morgan fingerprint density at radius 1 is 1.10 bits per heavy atom. The molecule has 156 valence electrons. The van der Waals surface area contributed by atoms with Crippen molar-refractivity contribution in [2.45, 2.75) is 6.04 Å². The number of amides is 2. The van der Waals surface area contributed by atoms with E-state index >= 15 is 0 Å². The molecule has 2 aromatic rings. The van der Waals surface area contributed by atoms with Gasteiger partial charge in [0.1, 0.15) is 5.82 Å². The smallest absolute Gasteiger partial charge is 0.338 e. The molecule has 2 aliphatic heterocycles. The summed E-state index contributed by atoms with van der Waals surface area (Å²) in [5.41, 5.74) is 1.87. The van der Waals surface area contributed by atoms with Crippen molar-refractivity contribution in [3.05, 3.63) is 71.6 Å². The van der Waals surface area contributed by atoms with Crippen molar-refractivity contribution in [3.8, 4) is 0 Å². The van der Waals surface area contributed by atoms with Crippen LogP contribution in [0.3, 0.4) is 0 Å². The fourth-order valence-electron chi connectivity index (χ4n) is 3.89. The number of methoxy groups -OCH3 is 1. The highest BCUT2D eigenvalue weighted by Crippen LogP contribution is 2.28. The van der Waals surface area contributed by atoms with Crippen LogP contribution in [0.2, 0.25) is 0 Å². The minimum Gasteiger partial charge on any atom is -0.466 e. The van der Waals surface area contributed by atoms with Gasteiger partial charge in [-0.25, -0.2) is 14.6 Å². The number of nitrogens with zero attached hydrogens (tertiary/aromatic N) is 3. The molecule has 1 aromatic heterocycles. The molecule has 1 saturated heterocycles. The predicted molar refractivity (Wildman–Crippen MR) is 113 cm³/mol. The van der Waals surface area contributed by atoms with Crippen molar-refractivity contribution in [1.82, 2.24) is 20.5 Å². The lowest BCUT2D eigenvalue weighted by Gasteiger charge is -2.37. The highest BCUT2D eigenvalue weighted by molar-refractivity contribution is 5.95. The number of piperazine rings is 1. The van der Waals surface area contributed by atoms with Gasteiger partial charge < -0.3 is 20.3 Å². The Balaban J connectivity index is 1.54. The van der Waals surface area contributed by atoms with Crippen molar-refractivity contribution in [1.29, 1.82) is 0 Å². The normalized spacial score (nSPS) is 19.8. The number of carbonyl (C=O) groups is 2. The van der Waals surface area contributed by atoms with Crippen LogP contribution in [0.4, 0.5) is 10.6 Å². The molecule has 1 fully saturated rings. The van der Waals surface area contributed by atoms with E-state index in [-0.39, 0.29) is 6.03 Å². The van der Waals surface area contributed by atoms with Gasteiger partial charge in [0.2, 0.25) is 0 Å². The summed E-state index contributed by atoms with van der Waals surface area (Å²) in [5.74, 6) is 0.518. The van der Waals surface area contributed by atoms with Crippen LogP contribution in [0.25, 0.3) is 0 Å². The minimum atomic E-state index is -0.544. The highest BCUT2D eigenvalue weighted by Gasteiger charge is 2.34. The number of hydrogen-bond donors (Lipinski definition) is 2. The van der Waals surface area contributed by atoms with Crippen LogP contribution in [0.15, 0.2) is 66.0 Å². The topological polar surface area (TPSA) is 86.8 Å². The Morgan fingerprint density at radius 2 is 1.83 bits per heavy atom. The molecule has 1 atom stereocenters. The number of nitrogens with one attached hydrogen (secondary N) is 2. The van der Waals surface area contributed by atoms with E-state index in [4.69, 9.17) is 4.74 Å². The summed E-state index contributed by atoms with van der Waals surface area (Å²) in [6.07, 6.45) is 1.80. The molecular formula is C22H25N5O3. The quantitative estimate of drug-likeness (QED) is 0.734. The Hall–Kier alpha value is -3.39. The Kier molecular flexibility index (Phi) is 5.94. The number of urea groups is 1. The molecule has 8 heteroatoms. The second-order valence-electron chi connectivity index (χ2n) is 7.28. The number of ether oxygens (including phenoxy) is 1. The zero-order chi connectivity index (χ0) is 20.9. The van der Waals surface area contributed by atoms with Crippen LogP contribution in [0.5, 0.6) is 0 Å². The third kappa shape index (κ3) is 4.28. The lowest BCUT2D eigenvalue weighted by Crippen LogP contribution is -2.51. The molecule has 2 aliphatic rings. The average molecular weight is 407 g/mol. The largest absolute Gasteiger partial charge is 0.466 e. The van der Waals surface area contributed by atoms with E-state index in [2.05, 4.69) is 25.4 Å². The van der Waals surface area contributed by atoms with Crippen LogP contribution in [0, 0.1) is 0 Å². The minimum absolute atomic E-state index is 0.321. The van der Waals surface area contributed by atoms with E-state index in [0.717, 1.165) is 37.6 Å². The molecule has 30 heavy (non-hydrogen) atoms. The van der Waals surface area contributed by atoms with E-state index in [1.165, 1.54) is 7.11 Å². The van der Waals surface area contributed by atoms with Crippen LogP contribution in [0.1, 0.15) is 11.6 Å². The SMILES string of the molecule is COC(=O)C1=C(CN2CCN(c3ccccn3)CC2)NC(=O)NC1c1ccccc1. The number of aromatic nitrogens is 1. The first kappa shape index (κ1) is 19.9. The Labute approximate surface area is 175 Å². The van der Waals surface area contributed by atoms with Gasteiger partial charge >= 0.3 is 12.0 Å². The van der Waals surface area contributed by atoms with Gasteiger partial charge in [0.15, 0.2) is 0 Å². The number of esters is 1. The lowest BCUT2D eigenvalue weighted by molar-refractivity contribution is -0.136. The number of anilines is 1. The number of carbonyl (C=O) groups excluding carboxylic acids is 2. The second-order valence-corrected chi connectivity index (χ2v) is 7.28. The van der Waals surface area contributed by atoms with Crippen molar-refractivity contribution >= 4 is 17.8 Å². The van der Waals surface area contributed by atoms with E-state index in [1.54, 1.807) is 6.20 Å². The molecule has 4 rings (SSSR count). The Bertz CT molecular complexity index is 924. The first-order chi connectivity index (χ1) is 14.7. The molecule has 3 heterocycles. The molecule has 0 aliphatic carbocycles. The molecule has 1 aromatic carbocycles. The third-order valence-electron chi connectivity index (χ3n) is 5.42. The summed E-state index contributed by atoms with van der Waals surface area (Å²) < 4.78 is 5.05. The number of benzene rings is 1. The van der Waals surface area contributed by atoms with Gasteiger partial charge in [-0.2, -0.15) is 0 Å². The van der Waals surface area contributed by atoms with Crippen molar-refractivity contribution < 1.29 is 14.3 Å². The van der Waals surface area contributed by atoms with Gasteiger partial charge in [0, 0.05) is 44.6 Å². The van der Waals surface area contributed by atoms with Gasteiger partial charge in [0.05, 0.1) is 18.7 Å². The van der Waals surface area contributed by atoms with E-state index in [9.17, 15) is 9.59 Å². The molecule has 0 spiro atoms. The molecule has 1 unspecified atom stereocenters. The fraction of sp³-hybridized carbons (Fsp3) is 0.318. The van der Waals surface area contributed by atoms with Gasteiger partial charge in [-0.3, -0.25) is 4.90 Å². The maximum atomic E-state index is 12.6. The summed E-state index contributed by atoms with van der Waals surface area (Å²) in [6.45, 7) is 3.72. The van der Waals surface area contributed by atoms with Crippen LogP contribution in [-0.4, -0.2) is 61.7 Å². The van der Waals surface area contributed by atoms with E-state index in [1.807, 2.05) is 48.5 Å². The Morgan fingerprint density at radius 3 is 2.50 bits per heavy atom. The summed E-state index contributed by atoms with van der Waals surface area (Å²) >= 11 is 0. The third-order valence-corrected chi connectivity index (χ3v) is 5.42. The summed E-state index contributed by atoms with van der Waals surface area (Å²) in [7, 11) is 1.36. The van der Waals surface area contributed by atoms with Crippen LogP contribution < -0.4 is 15.5 Å². The standard InChI is InChI=1S/C22H25N5O3/c1-30-21(28)19-17(24-22(29)25-20(19)16-7-3-2-4-8-16)15-26-11-13-27(14-12-26)18-9-5-6-10-23-18/h2-10,20H,11-15H2,1H3,(H2,24,25,29). The second kappa shape index (κ2) is 8.96. The summed E-state index contributed by atoms with van der Waals surface area (Å²) in [6, 6.07) is 14.5. The molecular weight excluding hydrogens is 382 g/mol. The van der Waals surface area contributed by atoms with Gasteiger partial charge in [0.25, 0.3) is 0 Å². The zero-order valence-electron chi connectivity index (χ0n) is 16.9. The van der Waals surface area contributed by atoms with Crippen molar-refractivity contribution in [3.63, 3.8) is 0 Å². The van der Waals surface area contributed by atoms with Gasteiger partial charge in [-0.15, -0.1) is 0 Å². The number of hydrogen-bond acceptors (Lipinski definition) is 6. The van der Waals surface area contributed by atoms with Gasteiger partial charge in [-0.1, -0.05) is 36.4 Å². The van der Waals surface area contributed by atoms with Crippen LogP contribution in [-0.2, 0) is 9.53 Å². The van der Waals surface area contributed by atoms with E-state index in [0.29, 0.717) is 17.8 Å². The van der Waals surface area contributed by atoms with Crippen LogP contribution >= 0.6 is 0 Å². The van der Waals surface area contributed by atoms with Crippen molar-refractivity contribution in [2.24, 2.45) is 0 Å². The maximum absolute atomic E-state index is 12.6. The fourth-order valence-corrected chi connectivity index (χ4v) is 3.89. The highest BCUT2D eigenvalue weighted by atomic mass is 16.5. The maximum Gasteiger partial charge on any atom is 0.338 e. The first-order valence-corrected chi connectivity index (χ1v) is 9.98. The first-order valence-electron chi connectivity index (χ1n) is 9.98. The van der Waals surface area contributed by atoms with E-state index < -0.39 is 12.0 Å². The molecule has 2 N–H and O–H groups in total. The molecule has 0 saturated carbocycles. The summed E-state index contributed by atoms with van der Waals surface area (Å²) in [4.78, 5) is 33.9. The predicted octanol–water partition coefficient (Wildman–Crippen LogP) is 1.68. The zero-order valence-corrected chi connectivity index (χ0v) is 16.9. The molecule has 0 bridgehead atoms. The lowest BCUT2D eigenvalue weighted by atomic mass is 9.95. The monoisotopic (exact) mass is 407 g/mol. The molecule has 8 nitrogen and oxygen atoms in total. The van der Waals surface area contributed by atoms with Crippen molar-refractivity contribution in [2.75, 3.05) is 44.7 Å². The average Bonchev–Trinajstić information content (AvgIpc) is 2.80.